The monoisotopic (exact) mass is 382 g/mol. The van der Waals surface area contributed by atoms with Crippen molar-refractivity contribution in [3.05, 3.63) is 96.1 Å². The fraction of sp³-hybridized carbons (Fsp3) is 0.120. The number of hydrogen-bond donors (Lipinski definition) is 0. The molecule has 0 bridgehead atoms. The molecule has 0 fully saturated rings. The molecule has 0 unspecified atom stereocenters. The highest BCUT2D eigenvalue weighted by molar-refractivity contribution is 7.77. The van der Waals surface area contributed by atoms with Crippen LogP contribution in [0.4, 0.5) is 0 Å². The third kappa shape index (κ3) is 5.70. The Morgan fingerprint density at radius 1 is 0.593 bits per heavy atom. The van der Waals surface area contributed by atoms with Gasteiger partial charge in [-0.3, -0.25) is 0 Å². The van der Waals surface area contributed by atoms with Crippen molar-refractivity contribution < 1.29 is 0 Å². The largest absolute Gasteiger partial charge is 0.129 e. The second-order valence-electron chi connectivity index (χ2n) is 7.29. The summed E-state index contributed by atoms with van der Waals surface area (Å²) < 4.78 is 0. The summed E-state index contributed by atoms with van der Waals surface area (Å²) in [5, 5.41) is 2.55. The molecular weight excluding hydrogens is 359 g/mol. The van der Waals surface area contributed by atoms with Crippen LogP contribution in [0.15, 0.2) is 84.9 Å². The number of benzene rings is 3. The first-order valence-corrected chi connectivity index (χ1v) is 13.9. The van der Waals surface area contributed by atoms with Gasteiger partial charge in [-0.2, -0.15) is 0 Å². The lowest BCUT2D eigenvalue weighted by Gasteiger charge is -2.11. The highest BCUT2D eigenvalue weighted by Crippen LogP contribution is 2.31. The van der Waals surface area contributed by atoms with Crippen LogP contribution in [0.25, 0.3) is 0 Å². The quantitative estimate of drug-likeness (QED) is 0.318. The lowest BCUT2D eigenvalue weighted by atomic mass is 10.1. The molecule has 0 heterocycles. The van der Waals surface area contributed by atoms with Crippen LogP contribution in [0.3, 0.4) is 0 Å². The fourth-order valence-corrected chi connectivity index (χ4v) is 4.74. The van der Waals surface area contributed by atoms with Crippen molar-refractivity contribution in [2.45, 2.75) is 19.6 Å². The van der Waals surface area contributed by atoms with Crippen molar-refractivity contribution in [3.8, 4) is 23.0 Å². The Morgan fingerprint density at radius 3 is 1.52 bits per heavy atom. The topological polar surface area (TPSA) is 0 Å². The molecule has 0 N–H and O–H groups in total. The summed E-state index contributed by atoms with van der Waals surface area (Å²) in [5.74, 6) is 6.81. The zero-order chi connectivity index (χ0) is 19.1. The maximum atomic E-state index is 3.56. The van der Waals surface area contributed by atoms with E-state index < -0.39 is 16.0 Å². The first kappa shape index (κ1) is 19.2. The molecule has 3 aromatic rings. The van der Waals surface area contributed by atoms with Crippen molar-refractivity contribution in [1.82, 2.24) is 0 Å². The molecule has 0 aliphatic rings. The average molecular weight is 383 g/mol. The summed E-state index contributed by atoms with van der Waals surface area (Å²) in [7, 11) is -2.14. The van der Waals surface area contributed by atoms with Crippen LogP contribution in [0.5, 0.6) is 0 Å². The van der Waals surface area contributed by atoms with Crippen molar-refractivity contribution in [2.24, 2.45) is 0 Å². The maximum absolute atomic E-state index is 3.56. The van der Waals surface area contributed by atoms with Gasteiger partial charge in [0.25, 0.3) is 0 Å². The third-order valence-electron chi connectivity index (χ3n) is 3.83. The predicted octanol–water partition coefficient (Wildman–Crippen LogP) is 5.36. The summed E-state index contributed by atoms with van der Waals surface area (Å²) in [6, 6.07) is 29.4. The summed E-state index contributed by atoms with van der Waals surface area (Å²) in [4.78, 5) is 0. The van der Waals surface area contributed by atoms with Crippen LogP contribution in [0.1, 0.15) is 11.1 Å². The van der Waals surface area contributed by atoms with Gasteiger partial charge in [0.15, 0.2) is 0 Å². The van der Waals surface area contributed by atoms with Crippen molar-refractivity contribution in [3.63, 3.8) is 0 Å². The number of rotatable bonds is 2. The van der Waals surface area contributed by atoms with Crippen LogP contribution >= 0.6 is 7.92 Å². The summed E-state index contributed by atoms with van der Waals surface area (Å²) in [5.41, 5.74) is 9.07. The van der Waals surface area contributed by atoms with Gasteiger partial charge in [0.1, 0.15) is 8.07 Å². The van der Waals surface area contributed by atoms with Crippen LogP contribution in [0, 0.1) is 23.0 Å². The summed E-state index contributed by atoms with van der Waals surface area (Å²) in [6.07, 6.45) is 0. The standard InChI is InChI=1S/C25H23PSi/c1-27(2,3)21-19-23-13-11-10-12-22(23)18-20-26(24-14-6-4-7-15-24)25-16-8-5-9-17-25/h4-17H,1-3H3. The second-order valence-corrected chi connectivity index (χ2v) is 14.0. The highest BCUT2D eigenvalue weighted by atomic mass is 31.1. The maximum Gasteiger partial charge on any atom is 0.129 e. The van der Waals surface area contributed by atoms with E-state index in [9.17, 15) is 0 Å². The van der Waals surface area contributed by atoms with E-state index in [4.69, 9.17) is 0 Å². The van der Waals surface area contributed by atoms with Crippen molar-refractivity contribution in [2.75, 3.05) is 0 Å². The summed E-state index contributed by atoms with van der Waals surface area (Å²) in [6.45, 7) is 6.79. The molecule has 0 saturated heterocycles. The van der Waals surface area contributed by atoms with E-state index in [1.54, 1.807) is 0 Å². The van der Waals surface area contributed by atoms with Gasteiger partial charge in [-0.15, -0.1) is 5.54 Å². The molecular formula is C25H23PSi. The molecule has 0 aliphatic heterocycles. The van der Waals surface area contributed by atoms with Gasteiger partial charge in [-0.25, -0.2) is 0 Å². The number of hydrogen-bond acceptors (Lipinski definition) is 0. The molecule has 0 aliphatic carbocycles. The van der Waals surface area contributed by atoms with E-state index in [1.165, 1.54) is 10.6 Å². The minimum Gasteiger partial charge on any atom is -0.127 e. The normalized spacial score (nSPS) is 10.5. The lowest BCUT2D eigenvalue weighted by molar-refractivity contribution is 1.59. The Balaban J connectivity index is 2.02. The van der Waals surface area contributed by atoms with Crippen LogP contribution < -0.4 is 10.6 Å². The molecule has 3 aromatic carbocycles. The van der Waals surface area contributed by atoms with Gasteiger partial charge in [0, 0.05) is 19.0 Å². The third-order valence-corrected chi connectivity index (χ3v) is 6.67. The average Bonchev–Trinajstić information content (AvgIpc) is 2.68. The zero-order valence-electron chi connectivity index (χ0n) is 16.0. The first-order chi connectivity index (χ1) is 13.0. The van der Waals surface area contributed by atoms with E-state index in [0.717, 1.165) is 11.1 Å². The molecule has 0 atom stereocenters. The minimum absolute atomic E-state index is 0.719. The predicted molar refractivity (Wildman–Crippen MR) is 123 cm³/mol. The fourth-order valence-electron chi connectivity index (χ4n) is 2.50. The molecule has 132 valence electrons. The van der Waals surface area contributed by atoms with E-state index in [2.05, 4.69) is 115 Å². The van der Waals surface area contributed by atoms with E-state index in [0.29, 0.717) is 0 Å². The Kier molecular flexibility index (Phi) is 6.31. The molecule has 0 aromatic heterocycles. The van der Waals surface area contributed by atoms with Crippen molar-refractivity contribution in [1.29, 1.82) is 0 Å². The molecule has 27 heavy (non-hydrogen) atoms. The van der Waals surface area contributed by atoms with Crippen LogP contribution in [-0.2, 0) is 0 Å². The van der Waals surface area contributed by atoms with Gasteiger partial charge in [-0.1, -0.05) is 110 Å². The van der Waals surface area contributed by atoms with Crippen molar-refractivity contribution >= 4 is 26.6 Å². The van der Waals surface area contributed by atoms with Gasteiger partial charge < -0.3 is 0 Å². The Labute approximate surface area is 165 Å². The zero-order valence-corrected chi connectivity index (χ0v) is 17.9. The smallest absolute Gasteiger partial charge is 0.127 e. The molecule has 0 radical (unpaired) electrons. The second kappa shape index (κ2) is 8.88. The van der Waals surface area contributed by atoms with E-state index in [1.807, 2.05) is 12.1 Å². The lowest BCUT2D eigenvalue weighted by Crippen LogP contribution is -2.16. The summed E-state index contributed by atoms with van der Waals surface area (Å²) >= 11 is 0. The van der Waals surface area contributed by atoms with Gasteiger partial charge in [0.2, 0.25) is 0 Å². The van der Waals surface area contributed by atoms with Gasteiger partial charge in [0.05, 0.1) is 0 Å². The Hall–Kier alpha value is -2.57. The Bertz CT molecular complexity index is 971. The Morgan fingerprint density at radius 2 is 1.04 bits per heavy atom. The molecule has 0 spiro atoms. The van der Waals surface area contributed by atoms with Crippen LogP contribution in [-0.4, -0.2) is 8.07 Å². The molecule has 0 amide bonds. The van der Waals surface area contributed by atoms with E-state index >= 15 is 0 Å². The van der Waals surface area contributed by atoms with Crippen LogP contribution in [0.2, 0.25) is 19.6 Å². The highest BCUT2D eigenvalue weighted by Gasteiger charge is 2.11. The SMILES string of the molecule is C[Si](C)(C)C#Cc1ccccc1C#CP(c1ccccc1)c1ccccc1. The molecule has 0 nitrogen and oxygen atoms in total. The van der Waals surface area contributed by atoms with Gasteiger partial charge in [-0.05, 0) is 22.7 Å². The minimum atomic E-state index is -1.42. The first-order valence-electron chi connectivity index (χ1n) is 9.07. The molecule has 3 rings (SSSR count). The molecule has 0 saturated carbocycles. The van der Waals surface area contributed by atoms with E-state index in [-0.39, 0.29) is 0 Å². The molecule has 2 heteroatoms. The van der Waals surface area contributed by atoms with Gasteiger partial charge >= 0.3 is 0 Å².